The van der Waals surface area contributed by atoms with Crippen LogP contribution >= 0.6 is 27.5 Å². The molecule has 0 radical (unpaired) electrons. The number of hydrogen-bond acceptors (Lipinski definition) is 1. The second-order valence-corrected chi connectivity index (χ2v) is 6.51. The van der Waals surface area contributed by atoms with Crippen molar-refractivity contribution in [3.05, 3.63) is 68.8 Å². The molecule has 106 valence electrons. The minimum atomic E-state index is -0.0207. The highest BCUT2D eigenvalue weighted by Crippen LogP contribution is 2.27. The van der Waals surface area contributed by atoms with Gasteiger partial charge >= 0.3 is 0 Å². The number of halogens is 2. The molecule has 0 atom stereocenters. The quantitative estimate of drug-likeness (QED) is 0.579. The van der Waals surface area contributed by atoms with E-state index in [1.807, 2.05) is 36.9 Å². The van der Waals surface area contributed by atoms with Gasteiger partial charge in [-0.1, -0.05) is 39.7 Å². The monoisotopic (exact) mass is 361 g/mol. The molecule has 0 fully saturated rings. The SMILES string of the molecule is Cc1ccc2c(C(=O)c3cc(Cl)cc(Br)c3)cn(C)c2c1. The maximum absolute atomic E-state index is 12.8. The number of aryl methyl sites for hydroxylation is 2. The van der Waals surface area contributed by atoms with Gasteiger partial charge in [0.1, 0.15) is 0 Å². The molecule has 0 spiro atoms. The van der Waals surface area contributed by atoms with E-state index in [4.69, 9.17) is 11.6 Å². The summed E-state index contributed by atoms with van der Waals surface area (Å²) in [4.78, 5) is 12.8. The predicted molar refractivity (Wildman–Crippen MR) is 90.2 cm³/mol. The van der Waals surface area contributed by atoms with Crippen LogP contribution < -0.4 is 0 Å². The van der Waals surface area contributed by atoms with Crippen LogP contribution in [0.4, 0.5) is 0 Å². The van der Waals surface area contributed by atoms with Crippen molar-refractivity contribution in [2.24, 2.45) is 7.05 Å². The summed E-state index contributed by atoms with van der Waals surface area (Å²) in [5.74, 6) is -0.0207. The molecule has 0 unspecified atom stereocenters. The Labute approximate surface area is 136 Å². The Morgan fingerprint density at radius 2 is 1.95 bits per heavy atom. The van der Waals surface area contributed by atoms with E-state index in [1.165, 1.54) is 5.56 Å². The third-order valence-electron chi connectivity index (χ3n) is 3.52. The highest BCUT2D eigenvalue weighted by atomic mass is 79.9. The Morgan fingerprint density at radius 1 is 1.19 bits per heavy atom. The van der Waals surface area contributed by atoms with Gasteiger partial charge in [0, 0.05) is 44.8 Å². The van der Waals surface area contributed by atoms with Crippen LogP contribution in [0.5, 0.6) is 0 Å². The van der Waals surface area contributed by atoms with Gasteiger partial charge in [0.2, 0.25) is 0 Å². The van der Waals surface area contributed by atoms with E-state index in [9.17, 15) is 4.79 Å². The Bertz CT molecular complexity index is 846. The van der Waals surface area contributed by atoms with Crippen LogP contribution in [-0.2, 0) is 7.05 Å². The van der Waals surface area contributed by atoms with Crippen LogP contribution in [0, 0.1) is 6.92 Å². The molecule has 21 heavy (non-hydrogen) atoms. The van der Waals surface area contributed by atoms with E-state index in [2.05, 4.69) is 22.0 Å². The first-order valence-corrected chi connectivity index (χ1v) is 7.69. The van der Waals surface area contributed by atoms with Crippen molar-refractivity contribution in [3.63, 3.8) is 0 Å². The Morgan fingerprint density at radius 3 is 2.67 bits per heavy atom. The summed E-state index contributed by atoms with van der Waals surface area (Å²) in [6.45, 7) is 2.04. The van der Waals surface area contributed by atoms with Crippen molar-refractivity contribution in [2.75, 3.05) is 0 Å². The Hall–Kier alpha value is -1.58. The molecular weight excluding hydrogens is 350 g/mol. The average molecular weight is 363 g/mol. The first kappa shape index (κ1) is 14.4. The average Bonchev–Trinajstić information content (AvgIpc) is 2.74. The fourth-order valence-electron chi connectivity index (χ4n) is 2.52. The molecular formula is C17H13BrClNO. The van der Waals surface area contributed by atoms with E-state index in [0.29, 0.717) is 16.1 Å². The van der Waals surface area contributed by atoms with Gasteiger partial charge in [-0.2, -0.15) is 0 Å². The van der Waals surface area contributed by atoms with E-state index >= 15 is 0 Å². The molecule has 0 N–H and O–H groups in total. The second-order valence-electron chi connectivity index (χ2n) is 5.16. The van der Waals surface area contributed by atoms with Gasteiger partial charge in [0.25, 0.3) is 0 Å². The summed E-state index contributed by atoms with van der Waals surface area (Å²) in [5, 5.41) is 1.51. The Balaban J connectivity index is 2.18. The minimum absolute atomic E-state index is 0.0207. The van der Waals surface area contributed by atoms with Gasteiger partial charge in [0.05, 0.1) is 0 Å². The summed E-state index contributed by atoms with van der Waals surface area (Å²) in [5.41, 5.74) is 3.51. The van der Waals surface area contributed by atoms with Crippen LogP contribution in [0.3, 0.4) is 0 Å². The first-order valence-electron chi connectivity index (χ1n) is 6.52. The molecule has 3 aromatic rings. The number of carbonyl (C=O) groups excluding carboxylic acids is 1. The fraction of sp³-hybridized carbons (Fsp3) is 0.118. The van der Waals surface area contributed by atoms with E-state index in [0.717, 1.165) is 15.4 Å². The number of fused-ring (bicyclic) bond motifs is 1. The fourth-order valence-corrected chi connectivity index (χ4v) is 3.38. The van der Waals surface area contributed by atoms with E-state index in [1.54, 1.807) is 18.2 Å². The molecule has 0 aliphatic heterocycles. The largest absolute Gasteiger partial charge is 0.350 e. The van der Waals surface area contributed by atoms with Crippen molar-refractivity contribution in [1.82, 2.24) is 4.57 Å². The topological polar surface area (TPSA) is 22.0 Å². The van der Waals surface area contributed by atoms with Crippen LogP contribution in [0.25, 0.3) is 10.9 Å². The molecule has 2 nitrogen and oxygen atoms in total. The molecule has 1 heterocycles. The molecule has 0 saturated heterocycles. The van der Waals surface area contributed by atoms with Crippen LogP contribution in [-0.4, -0.2) is 10.4 Å². The number of hydrogen-bond donors (Lipinski definition) is 0. The zero-order valence-corrected chi connectivity index (χ0v) is 14.0. The van der Waals surface area contributed by atoms with Gasteiger partial charge in [-0.25, -0.2) is 0 Å². The van der Waals surface area contributed by atoms with Gasteiger partial charge < -0.3 is 4.57 Å². The third kappa shape index (κ3) is 2.63. The lowest BCUT2D eigenvalue weighted by molar-refractivity contribution is 0.104. The van der Waals surface area contributed by atoms with Crippen LogP contribution in [0.2, 0.25) is 5.02 Å². The Kier molecular flexibility index (Phi) is 3.64. The summed E-state index contributed by atoms with van der Waals surface area (Å²) in [7, 11) is 1.95. The lowest BCUT2D eigenvalue weighted by Crippen LogP contribution is -2.00. The number of carbonyl (C=O) groups is 1. The van der Waals surface area contributed by atoms with Crippen molar-refractivity contribution < 1.29 is 4.79 Å². The molecule has 1 aromatic heterocycles. The van der Waals surface area contributed by atoms with Crippen molar-refractivity contribution in [2.45, 2.75) is 6.92 Å². The molecule has 2 aromatic carbocycles. The molecule has 4 heteroatoms. The van der Waals surface area contributed by atoms with Crippen molar-refractivity contribution in [1.29, 1.82) is 0 Å². The number of aromatic nitrogens is 1. The minimum Gasteiger partial charge on any atom is -0.350 e. The lowest BCUT2D eigenvalue weighted by atomic mass is 10.0. The van der Waals surface area contributed by atoms with E-state index in [-0.39, 0.29) is 5.78 Å². The lowest BCUT2D eigenvalue weighted by Gasteiger charge is -2.02. The summed E-state index contributed by atoms with van der Waals surface area (Å²) < 4.78 is 2.78. The van der Waals surface area contributed by atoms with Crippen molar-refractivity contribution in [3.8, 4) is 0 Å². The summed E-state index contributed by atoms with van der Waals surface area (Å²) in [6, 6.07) is 11.4. The second kappa shape index (κ2) is 5.32. The molecule has 0 bridgehead atoms. The van der Waals surface area contributed by atoms with Gasteiger partial charge in [-0.05, 0) is 36.8 Å². The van der Waals surface area contributed by atoms with Crippen LogP contribution in [0.1, 0.15) is 21.5 Å². The zero-order chi connectivity index (χ0) is 15.1. The smallest absolute Gasteiger partial charge is 0.195 e. The third-order valence-corrected chi connectivity index (χ3v) is 4.19. The zero-order valence-electron chi connectivity index (χ0n) is 11.7. The molecule has 0 aliphatic rings. The summed E-state index contributed by atoms with van der Waals surface area (Å²) >= 11 is 9.41. The predicted octanol–water partition coefficient (Wildman–Crippen LogP) is 5.13. The standard InChI is InChI=1S/C17H13BrClNO/c1-10-3-4-14-15(9-20(2)16(14)5-10)17(21)11-6-12(18)8-13(19)7-11/h3-9H,1-2H3. The molecule has 0 saturated carbocycles. The molecule has 3 rings (SSSR count). The highest BCUT2D eigenvalue weighted by Gasteiger charge is 2.16. The molecule has 0 aliphatic carbocycles. The summed E-state index contributed by atoms with van der Waals surface area (Å²) in [6.07, 6.45) is 1.88. The van der Waals surface area contributed by atoms with Crippen molar-refractivity contribution >= 4 is 44.2 Å². The first-order chi connectivity index (χ1) is 9.95. The van der Waals surface area contributed by atoms with Gasteiger partial charge in [0.15, 0.2) is 5.78 Å². The number of nitrogens with zero attached hydrogens (tertiary/aromatic N) is 1. The number of rotatable bonds is 2. The normalized spacial score (nSPS) is 11.0. The van der Waals surface area contributed by atoms with Gasteiger partial charge in [-0.15, -0.1) is 0 Å². The number of ketones is 1. The maximum atomic E-state index is 12.8. The van der Waals surface area contributed by atoms with Gasteiger partial charge in [-0.3, -0.25) is 4.79 Å². The maximum Gasteiger partial charge on any atom is 0.195 e. The van der Waals surface area contributed by atoms with Crippen LogP contribution in [0.15, 0.2) is 47.1 Å². The molecule has 0 amide bonds. The highest BCUT2D eigenvalue weighted by molar-refractivity contribution is 9.10. The van der Waals surface area contributed by atoms with E-state index < -0.39 is 0 Å². The number of benzene rings is 2.